The number of nitrogens with one attached hydrogen (secondary N) is 1. The van der Waals surface area contributed by atoms with Gasteiger partial charge < -0.3 is 24.5 Å². The van der Waals surface area contributed by atoms with E-state index in [1.165, 1.54) is 5.56 Å². The molecule has 0 saturated carbocycles. The molecule has 1 saturated heterocycles. The van der Waals surface area contributed by atoms with Crippen LogP contribution in [0.15, 0.2) is 60.9 Å². The summed E-state index contributed by atoms with van der Waals surface area (Å²) in [6.07, 6.45) is 3.87. The molecule has 8 nitrogen and oxygen atoms in total. The van der Waals surface area contributed by atoms with Crippen LogP contribution >= 0.6 is 11.6 Å². The van der Waals surface area contributed by atoms with Gasteiger partial charge in [0.1, 0.15) is 18.5 Å². The maximum atomic E-state index is 10.4. The van der Waals surface area contributed by atoms with Crippen LogP contribution in [0.25, 0.3) is 10.9 Å². The SMILES string of the molecule is O[C@H](COc1ccc([C@H]2c3[nH]c4ccc(Cl)cc4c3CCN2c2ncccn2)cc1)CN1CCOCC1. The van der Waals surface area contributed by atoms with E-state index in [9.17, 15) is 5.11 Å². The van der Waals surface area contributed by atoms with Gasteiger partial charge in [-0.05, 0) is 53.9 Å². The summed E-state index contributed by atoms with van der Waals surface area (Å²) in [5, 5.41) is 12.3. The lowest BCUT2D eigenvalue weighted by Crippen LogP contribution is -2.42. The van der Waals surface area contributed by atoms with E-state index in [0.29, 0.717) is 25.7 Å². The number of benzene rings is 2. The topological polar surface area (TPSA) is 86.7 Å². The highest BCUT2D eigenvalue weighted by Crippen LogP contribution is 2.40. The van der Waals surface area contributed by atoms with Crippen LogP contribution in [0.4, 0.5) is 5.95 Å². The van der Waals surface area contributed by atoms with Gasteiger partial charge in [0.2, 0.25) is 5.95 Å². The molecule has 192 valence electrons. The number of fused-ring (bicyclic) bond motifs is 3. The van der Waals surface area contributed by atoms with E-state index in [0.717, 1.165) is 59.0 Å². The molecule has 0 spiro atoms. The van der Waals surface area contributed by atoms with Gasteiger partial charge in [0.25, 0.3) is 0 Å². The number of hydrogen-bond acceptors (Lipinski definition) is 7. The normalized spacial score (nSPS) is 19.1. The van der Waals surface area contributed by atoms with Gasteiger partial charge >= 0.3 is 0 Å². The van der Waals surface area contributed by atoms with Crippen molar-refractivity contribution >= 4 is 28.5 Å². The highest BCUT2D eigenvalue weighted by atomic mass is 35.5. The number of rotatable bonds is 7. The molecule has 9 heteroatoms. The average molecular weight is 520 g/mol. The van der Waals surface area contributed by atoms with Gasteiger partial charge in [-0.1, -0.05) is 23.7 Å². The second kappa shape index (κ2) is 10.7. The molecule has 0 bridgehead atoms. The summed E-state index contributed by atoms with van der Waals surface area (Å²) in [6.45, 7) is 4.74. The van der Waals surface area contributed by atoms with Gasteiger partial charge in [0.15, 0.2) is 0 Å². The van der Waals surface area contributed by atoms with Crippen molar-refractivity contribution in [3.05, 3.63) is 82.8 Å². The molecule has 2 aromatic heterocycles. The molecule has 2 atom stereocenters. The summed E-state index contributed by atoms with van der Waals surface area (Å²) in [5.74, 6) is 1.42. The summed E-state index contributed by atoms with van der Waals surface area (Å²) in [7, 11) is 0. The van der Waals surface area contributed by atoms with E-state index in [1.807, 2.05) is 36.4 Å². The molecule has 0 unspecified atom stereocenters. The van der Waals surface area contributed by atoms with Crippen molar-refractivity contribution in [3.8, 4) is 5.75 Å². The van der Waals surface area contributed by atoms with E-state index < -0.39 is 6.10 Å². The minimum absolute atomic E-state index is 0.0849. The average Bonchev–Trinajstić information content (AvgIpc) is 3.30. The molecule has 2 aliphatic rings. The van der Waals surface area contributed by atoms with E-state index in [4.69, 9.17) is 21.1 Å². The first-order valence-electron chi connectivity index (χ1n) is 12.7. The molecular formula is C28H30ClN5O3. The van der Waals surface area contributed by atoms with Crippen molar-refractivity contribution in [2.75, 3.05) is 50.9 Å². The quantitative estimate of drug-likeness (QED) is 0.383. The second-order valence-electron chi connectivity index (χ2n) is 9.55. The molecule has 6 rings (SSSR count). The number of aliphatic hydroxyl groups is 1. The van der Waals surface area contributed by atoms with Crippen LogP contribution < -0.4 is 9.64 Å². The van der Waals surface area contributed by atoms with E-state index in [-0.39, 0.29) is 12.6 Å². The Morgan fingerprint density at radius 3 is 2.65 bits per heavy atom. The van der Waals surface area contributed by atoms with Gasteiger partial charge in [-0.3, -0.25) is 4.90 Å². The Morgan fingerprint density at radius 1 is 1.08 bits per heavy atom. The molecule has 0 amide bonds. The van der Waals surface area contributed by atoms with Crippen molar-refractivity contribution in [1.82, 2.24) is 19.9 Å². The number of H-pyrrole nitrogens is 1. The lowest BCUT2D eigenvalue weighted by Gasteiger charge is -2.36. The summed E-state index contributed by atoms with van der Waals surface area (Å²) < 4.78 is 11.3. The zero-order chi connectivity index (χ0) is 25.2. The van der Waals surface area contributed by atoms with Gasteiger partial charge in [-0.2, -0.15) is 0 Å². The van der Waals surface area contributed by atoms with Crippen LogP contribution in [0.1, 0.15) is 22.9 Å². The van der Waals surface area contributed by atoms with Crippen LogP contribution in [0.5, 0.6) is 5.75 Å². The van der Waals surface area contributed by atoms with Crippen molar-refractivity contribution < 1.29 is 14.6 Å². The summed E-state index contributed by atoms with van der Waals surface area (Å²) >= 11 is 6.34. The highest BCUT2D eigenvalue weighted by Gasteiger charge is 2.33. The van der Waals surface area contributed by atoms with E-state index in [2.05, 4.69) is 36.9 Å². The molecule has 2 aliphatic heterocycles. The smallest absolute Gasteiger partial charge is 0.226 e. The third-order valence-electron chi connectivity index (χ3n) is 7.11. The number of halogens is 1. The lowest BCUT2D eigenvalue weighted by atomic mass is 9.92. The predicted octanol–water partition coefficient (Wildman–Crippen LogP) is 3.84. The maximum absolute atomic E-state index is 10.4. The number of aromatic nitrogens is 3. The largest absolute Gasteiger partial charge is 0.491 e. The van der Waals surface area contributed by atoms with E-state index in [1.54, 1.807) is 12.4 Å². The van der Waals surface area contributed by atoms with Crippen molar-refractivity contribution in [1.29, 1.82) is 0 Å². The third kappa shape index (κ3) is 5.15. The third-order valence-corrected chi connectivity index (χ3v) is 7.34. The number of β-amino-alcohol motifs (C(OH)–C–C–N with tert-alkyl or cyclic N) is 1. The lowest BCUT2D eigenvalue weighted by molar-refractivity contribution is 0.00465. The number of hydrogen-bond donors (Lipinski definition) is 2. The van der Waals surface area contributed by atoms with Crippen molar-refractivity contribution in [2.45, 2.75) is 18.6 Å². The first-order valence-corrected chi connectivity index (χ1v) is 13.1. The number of aromatic amines is 1. The Morgan fingerprint density at radius 2 is 1.86 bits per heavy atom. The fraction of sp³-hybridized carbons (Fsp3) is 0.357. The van der Waals surface area contributed by atoms with Gasteiger partial charge in [0, 0.05) is 60.2 Å². The monoisotopic (exact) mass is 519 g/mol. The first-order chi connectivity index (χ1) is 18.2. The fourth-order valence-electron chi connectivity index (χ4n) is 5.34. The molecule has 2 N–H and O–H groups in total. The maximum Gasteiger partial charge on any atom is 0.226 e. The highest BCUT2D eigenvalue weighted by molar-refractivity contribution is 6.31. The molecular weight excluding hydrogens is 490 g/mol. The molecule has 4 aromatic rings. The Hall–Kier alpha value is -3.17. The van der Waals surface area contributed by atoms with Crippen molar-refractivity contribution in [3.63, 3.8) is 0 Å². The Balaban J connectivity index is 1.25. The van der Waals surface area contributed by atoms with Gasteiger partial charge in [-0.25, -0.2) is 9.97 Å². The van der Waals surface area contributed by atoms with Gasteiger partial charge in [-0.15, -0.1) is 0 Å². The van der Waals surface area contributed by atoms with Crippen LogP contribution in [-0.2, 0) is 11.2 Å². The van der Waals surface area contributed by atoms with Crippen LogP contribution in [0.3, 0.4) is 0 Å². The number of nitrogens with zero attached hydrogens (tertiary/aromatic N) is 4. The van der Waals surface area contributed by atoms with Crippen molar-refractivity contribution in [2.24, 2.45) is 0 Å². The molecule has 1 fully saturated rings. The first kappa shape index (κ1) is 24.2. The van der Waals surface area contributed by atoms with Crippen LogP contribution in [-0.4, -0.2) is 77.1 Å². The van der Waals surface area contributed by atoms with E-state index >= 15 is 0 Å². The van der Waals surface area contributed by atoms with Crippen LogP contribution in [0, 0.1) is 0 Å². The zero-order valence-corrected chi connectivity index (χ0v) is 21.3. The minimum atomic E-state index is -0.553. The summed E-state index contributed by atoms with van der Waals surface area (Å²) in [6, 6.07) is 15.8. The minimum Gasteiger partial charge on any atom is -0.491 e. The summed E-state index contributed by atoms with van der Waals surface area (Å²) in [5.41, 5.74) is 4.59. The van der Waals surface area contributed by atoms with Gasteiger partial charge in [0.05, 0.1) is 19.3 Å². The second-order valence-corrected chi connectivity index (χ2v) is 9.99. The summed E-state index contributed by atoms with van der Waals surface area (Å²) in [4.78, 5) is 17.2. The number of anilines is 1. The fourth-order valence-corrected chi connectivity index (χ4v) is 5.51. The standard InChI is InChI=1S/C28H30ClN5O3/c29-20-4-7-25-24(16-20)23-8-11-34(28-30-9-1-10-31-28)27(26(23)32-25)19-2-5-22(6-3-19)37-18-21(35)17-33-12-14-36-15-13-33/h1-7,9-10,16,21,27,32,35H,8,11-15,17-18H2/t21-,27-/m0/s1. The number of aliphatic hydroxyl groups excluding tert-OH is 1. The Bertz CT molecular complexity index is 1340. The number of ether oxygens (including phenoxy) is 2. The molecule has 4 heterocycles. The molecule has 0 aliphatic carbocycles. The zero-order valence-electron chi connectivity index (χ0n) is 20.5. The Kier molecular flexibility index (Phi) is 6.97. The Labute approximate surface area is 220 Å². The molecule has 0 radical (unpaired) electrons. The molecule has 37 heavy (non-hydrogen) atoms. The van der Waals surface area contributed by atoms with Crippen LogP contribution in [0.2, 0.25) is 5.02 Å². The number of morpholine rings is 1. The predicted molar refractivity (Wildman–Crippen MR) is 143 cm³/mol. The molecule has 2 aromatic carbocycles.